The Kier molecular flexibility index (Phi) is 6.91. The highest BCUT2D eigenvalue weighted by Gasteiger charge is 2.39. The average molecular weight is 512 g/mol. The van der Waals surface area contributed by atoms with E-state index in [1.165, 1.54) is 23.2 Å². The van der Waals surface area contributed by atoms with Gasteiger partial charge >= 0.3 is 0 Å². The number of amides is 2. The Labute approximate surface area is 201 Å². The first kappa shape index (κ1) is 24.5. The van der Waals surface area contributed by atoms with Crippen molar-refractivity contribution in [1.82, 2.24) is 15.2 Å². The standard InChI is InChI=1S/C23H24ClF2N3O4S/c1-34(32,33)14-7-8-27-19(10-14)23(31)29-9-3-2-4-20(29)22(30)28-21(13-5-6-13)15-11-18(26)16(24)12-17(15)25/h7-8,10-13,20-21H,2-6,9H2,1H3,(H,28,30)/t20-,21-/m1/s1. The molecule has 1 aromatic carbocycles. The van der Waals surface area contributed by atoms with Crippen LogP contribution in [0.15, 0.2) is 35.4 Å². The Balaban J connectivity index is 1.58. The molecule has 0 radical (unpaired) electrons. The molecule has 1 aliphatic heterocycles. The number of benzene rings is 1. The number of nitrogens with zero attached hydrogens (tertiary/aromatic N) is 2. The highest BCUT2D eigenvalue weighted by molar-refractivity contribution is 7.90. The van der Waals surface area contributed by atoms with Gasteiger partial charge in [-0.2, -0.15) is 0 Å². The molecule has 7 nitrogen and oxygen atoms in total. The molecule has 1 saturated carbocycles. The van der Waals surface area contributed by atoms with Crippen LogP contribution >= 0.6 is 11.6 Å². The van der Waals surface area contributed by atoms with Crippen molar-refractivity contribution in [2.45, 2.75) is 49.1 Å². The molecule has 2 amide bonds. The van der Waals surface area contributed by atoms with Crippen molar-refractivity contribution in [2.24, 2.45) is 5.92 Å². The second kappa shape index (κ2) is 9.58. The highest BCUT2D eigenvalue weighted by Crippen LogP contribution is 2.42. The van der Waals surface area contributed by atoms with Crippen LogP contribution in [0.3, 0.4) is 0 Å². The van der Waals surface area contributed by atoms with Crippen molar-refractivity contribution >= 4 is 33.3 Å². The lowest BCUT2D eigenvalue weighted by Gasteiger charge is -2.35. The molecule has 1 aromatic heterocycles. The van der Waals surface area contributed by atoms with E-state index in [2.05, 4.69) is 10.3 Å². The van der Waals surface area contributed by atoms with Crippen LogP contribution in [-0.2, 0) is 14.6 Å². The Bertz CT molecular complexity index is 1240. The van der Waals surface area contributed by atoms with Gasteiger partial charge in [0, 0.05) is 24.6 Å². The first-order valence-electron chi connectivity index (χ1n) is 11.0. The summed E-state index contributed by atoms with van der Waals surface area (Å²) in [5.41, 5.74) is -0.0545. The summed E-state index contributed by atoms with van der Waals surface area (Å²) in [6, 6.07) is 2.80. The molecule has 1 saturated heterocycles. The van der Waals surface area contributed by atoms with Gasteiger partial charge in [0.05, 0.1) is 16.0 Å². The highest BCUT2D eigenvalue weighted by atomic mass is 35.5. The smallest absolute Gasteiger partial charge is 0.273 e. The van der Waals surface area contributed by atoms with Crippen LogP contribution in [0, 0.1) is 17.6 Å². The minimum atomic E-state index is -3.54. The van der Waals surface area contributed by atoms with E-state index in [-0.39, 0.29) is 27.1 Å². The summed E-state index contributed by atoms with van der Waals surface area (Å²) in [7, 11) is -3.54. The first-order chi connectivity index (χ1) is 16.1. The number of piperidine rings is 1. The number of carbonyl (C=O) groups is 2. The van der Waals surface area contributed by atoms with Gasteiger partial charge < -0.3 is 10.2 Å². The average Bonchev–Trinajstić information content (AvgIpc) is 3.64. The predicted octanol–water partition coefficient (Wildman–Crippen LogP) is 3.68. The minimum Gasteiger partial charge on any atom is -0.347 e. The first-order valence-corrected chi connectivity index (χ1v) is 13.2. The Morgan fingerprint density at radius 3 is 2.56 bits per heavy atom. The number of carbonyl (C=O) groups excluding carboxylic acids is 2. The number of nitrogens with one attached hydrogen (secondary N) is 1. The van der Waals surface area contributed by atoms with E-state index in [1.807, 2.05) is 0 Å². The Morgan fingerprint density at radius 1 is 1.15 bits per heavy atom. The maximum absolute atomic E-state index is 14.6. The molecule has 1 N–H and O–H groups in total. The van der Waals surface area contributed by atoms with E-state index >= 15 is 0 Å². The maximum atomic E-state index is 14.6. The summed E-state index contributed by atoms with van der Waals surface area (Å²) in [5.74, 6) is -2.55. The van der Waals surface area contributed by atoms with Crippen molar-refractivity contribution < 1.29 is 26.8 Å². The number of halogens is 3. The van der Waals surface area contributed by atoms with Crippen LogP contribution < -0.4 is 5.32 Å². The summed E-state index contributed by atoms with van der Waals surface area (Å²) >= 11 is 5.67. The fourth-order valence-corrected chi connectivity index (χ4v) is 5.04. The normalized spacial score (nSPS) is 19.5. The van der Waals surface area contributed by atoms with E-state index in [0.29, 0.717) is 25.8 Å². The zero-order valence-electron chi connectivity index (χ0n) is 18.4. The number of rotatable bonds is 6. The third kappa shape index (κ3) is 5.22. The molecule has 11 heteroatoms. The quantitative estimate of drug-likeness (QED) is 0.597. The third-order valence-corrected chi connectivity index (χ3v) is 7.61. The van der Waals surface area contributed by atoms with Crippen LogP contribution in [-0.4, -0.2) is 49.0 Å². The maximum Gasteiger partial charge on any atom is 0.273 e. The van der Waals surface area contributed by atoms with Crippen molar-refractivity contribution in [3.8, 4) is 0 Å². The zero-order valence-corrected chi connectivity index (χ0v) is 20.0. The molecule has 4 rings (SSSR count). The second-order valence-electron chi connectivity index (χ2n) is 8.77. The van der Waals surface area contributed by atoms with Gasteiger partial charge in [-0.1, -0.05) is 11.6 Å². The number of aromatic nitrogens is 1. The molecule has 0 spiro atoms. The molecule has 2 aliphatic rings. The number of likely N-dealkylation sites (tertiary alicyclic amines) is 1. The van der Waals surface area contributed by atoms with Crippen molar-refractivity contribution in [3.63, 3.8) is 0 Å². The van der Waals surface area contributed by atoms with Gasteiger partial charge in [0.2, 0.25) is 5.91 Å². The molecule has 1 aliphatic carbocycles. The second-order valence-corrected chi connectivity index (χ2v) is 11.2. The Morgan fingerprint density at radius 2 is 1.88 bits per heavy atom. The molecular weight excluding hydrogens is 488 g/mol. The molecule has 182 valence electrons. The summed E-state index contributed by atoms with van der Waals surface area (Å²) in [5, 5.41) is 2.49. The monoisotopic (exact) mass is 511 g/mol. The van der Waals surface area contributed by atoms with Gasteiger partial charge in [-0.25, -0.2) is 17.2 Å². The molecule has 34 heavy (non-hydrogen) atoms. The van der Waals surface area contributed by atoms with E-state index < -0.39 is 45.4 Å². The molecule has 2 heterocycles. The van der Waals surface area contributed by atoms with Crippen LogP contribution in [0.2, 0.25) is 5.02 Å². The zero-order chi connectivity index (χ0) is 24.6. The van der Waals surface area contributed by atoms with Gasteiger partial charge in [-0.05, 0) is 62.3 Å². The summed E-state index contributed by atoms with van der Waals surface area (Å²) in [6.45, 7) is 0.291. The molecule has 2 aromatic rings. The van der Waals surface area contributed by atoms with Gasteiger partial charge in [-0.3, -0.25) is 14.6 Å². The van der Waals surface area contributed by atoms with Crippen molar-refractivity contribution in [3.05, 3.63) is 58.4 Å². The topological polar surface area (TPSA) is 96.4 Å². The number of sulfone groups is 1. The van der Waals surface area contributed by atoms with E-state index in [9.17, 15) is 26.8 Å². The lowest BCUT2D eigenvalue weighted by Crippen LogP contribution is -2.52. The number of hydrogen-bond donors (Lipinski definition) is 1. The molecular formula is C23H24ClF2N3O4S. The molecule has 2 atom stereocenters. The molecule has 2 fully saturated rings. The van der Waals surface area contributed by atoms with Crippen LogP contribution in [0.4, 0.5) is 8.78 Å². The van der Waals surface area contributed by atoms with Gasteiger partial charge in [0.1, 0.15) is 23.4 Å². The number of hydrogen-bond acceptors (Lipinski definition) is 5. The largest absolute Gasteiger partial charge is 0.347 e. The van der Waals surface area contributed by atoms with E-state index in [1.54, 1.807) is 0 Å². The lowest BCUT2D eigenvalue weighted by atomic mass is 9.97. The van der Waals surface area contributed by atoms with E-state index in [0.717, 1.165) is 31.2 Å². The summed E-state index contributed by atoms with van der Waals surface area (Å²) in [4.78, 5) is 31.8. The minimum absolute atomic E-state index is 0.0222. The van der Waals surface area contributed by atoms with Gasteiger partial charge in [0.25, 0.3) is 5.91 Å². The lowest BCUT2D eigenvalue weighted by molar-refractivity contribution is -0.127. The SMILES string of the molecule is CS(=O)(=O)c1ccnc(C(=O)N2CCCC[C@@H]2C(=O)N[C@@H](c2cc(F)c(Cl)cc2F)C2CC2)c1. The van der Waals surface area contributed by atoms with Gasteiger partial charge in [-0.15, -0.1) is 0 Å². The van der Waals surface area contributed by atoms with E-state index in [4.69, 9.17) is 11.6 Å². The van der Waals surface area contributed by atoms with Crippen LogP contribution in [0.5, 0.6) is 0 Å². The summed E-state index contributed by atoms with van der Waals surface area (Å²) < 4.78 is 52.4. The summed E-state index contributed by atoms with van der Waals surface area (Å²) in [6.07, 6.45) is 5.54. The predicted molar refractivity (Wildman–Crippen MR) is 121 cm³/mol. The number of pyridine rings is 1. The molecule has 0 unspecified atom stereocenters. The van der Waals surface area contributed by atoms with Gasteiger partial charge in [0.15, 0.2) is 9.84 Å². The third-order valence-electron chi connectivity index (χ3n) is 6.21. The Hall–Kier alpha value is -2.59. The van der Waals surface area contributed by atoms with Crippen molar-refractivity contribution in [2.75, 3.05) is 12.8 Å². The fraction of sp³-hybridized carbons (Fsp3) is 0.435. The van der Waals surface area contributed by atoms with Crippen molar-refractivity contribution in [1.29, 1.82) is 0 Å². The van der Waals surface area contributed by atoms with Crippen LogP contribution in [0.1, 0.15) is 54.2 Å². The fourth-order valence-electron chi connectivity index (χ4n) is 4.26. The van der Waals surface area contributed by atoms with Crippen LogP contribution in [0.25, 0.3) is 0 Å². The molecule has 0 bridgehead atoms.